The van der Waals surface area contributed by atoms with Crippen molar-refractivity contribution in [3.05, 3.63) is 34.2 Å². The number of imide groups is 1. The Hall–Kier alpha value is -4.44. The van der Waals surface area contributed by atoms with Crippen LogP contribution >= 0.6 is 0 Å². The number of aromatic nitrogens is 2. The number of carbonyl (C=O) groups is 5. The van der Waals surface area contributed by atoms with Crippen LogP contribution in [0.4, 0.5) is 0 Å². The fourth-order valence-electron chi connectivity index (χ4n) is 7.38. The Labute approximate surface area is 280 Å². The summed E-state index contributed by atoms with van der Waals surface area (Å²) < 4.78 is 2.97. The number of amides is 5. The first kappa shape index (κ1) is 34.9. The van der Waals surface area contributed by atoms with Gasteiger partial charge in [-0.3, -0.25) is 38.4 Å². The zero-order chi connectivity index (χ0) is 34.4. The molecule has 1 unspecified atom stereocenters. The van der Waals surface area contributed by atoms with Crippen molar-refractivity contribution < 1.29 is 24.0 Å². The van der Waals surface area contributed by atoms with E-state index in [9.17, 15) is 28.8 Å². The molecule has 258 valence electrons. The van der Waals surface area contributed by atoms with Gasteiger partial charge in [-0.1, -0.05) is 37.2 Å². The molecule has 1 aromatic heterocycles. The van der Waals surface area contributed by atoms with E-state index in [-0.39, 0.29) is 49.1 Å². The second-order valence-corrected chi connectivity index (χ2v) is 13.5. The number of hydrogen-bond acceptors (Lipinski definition) is 7. The Morgan fingerprint density at radius 2 is 1.77 bits per heavy atom. The minimum atomic E-state index is -0.898. The summed E-state index contributed by atoms with van der Waals surface area (Å²) in [5.41, 5.74) is 12.9. The molecule has 5 rings (SSSR count). The van der Waals surface area contributed by atoms with Crippen molar-refractivity contribution in [1.82, 2.24) is 24.7 Å². The number of piperidine rings is 2. The topological polar surface area (TPSA) is 192 Å². The fourth-order valence-corrected chi connectivity index (χ4v) is 7.38. The summed E-state index contributed by atoms with van der Waals surface area (Å²) in [5.74, 6) is 5.18. The maximum absolute atomic E-state index is 13.8. The molecule has 0 spiro atoms. The summed E-state index contributed by atoms with van der Waals surface area (Å²) in [7, 11) is 1.66. The van der Waals surface area contributed by atoms with Crippen LogP contribution in [0.1, 0.15) is 95.1 Å². The highest BCUT2D eigenvalue weighted by Gasteiger charge is 2.36. The van der Waals surface area contributed by atoms with E-state index in [4.69, 9.17) is 11.5 Å². The van der Waals surface area contributed by atoms with Crippen LogP contribution in [0.2, 0.25) is 0 Å². The summed E-state index contributed by atoms with van der Waals surface area (Å²) in [6.45, 7) is 1.22. The third kappa shape index (κ3) is 7.98. The standard InChI is InChI=1S/C35H47N7O6/c1-40-31-24(12-7-13-26(31)42(35(40)48)27-15-17-29(44)38-33(27)46)11-6-5-8-22-18-20-41(21-19-22)34(47)30(23-9-3-2-4-10-23)39-32(45)25(36)14-16-28(37)43/h7,12-13,22-23,25,27,30H,2-5,8-10,14-21,36H2,1H3,(H2,37,43)(H,39,45)(H,38,44,46)/t25-,27?,30-/m0/s1. The van der Waals surface area contributed by atoms with Gasteiger partial charge >= 0.3 is 5.69 Å². The van der Waals surface area contributed by atoms with Crippen molar-refractivity contribution >= 4 is 40.6 Å². The Morgan fingerprint density at radius 1 is 1.04 bits per heavy atom. The number of nitrogens with one attached hydrogen (secondary N) is 2. The predicted octanol–water partition coefficient (Wildman–Crippen LogP) is 1.35. The van der Waals surface area contributed by atoms with Crippen LogP contribution in [-0.4, -0.2) is 68.7 Å². The van der Waals surface area contributed by atoms with Gasteiger partial charge < -0.3 is 21.7 Å². The van der Waals surface area contributed by atoms with Crippen molar-refractivity contribution in [1.29, 1.82) is 0 Å². The lowest BCUT2D eigenvalue weighted by Crippen LogP contribution is -2.57. The van der Waals surface area contributed by atoms with Crippen molar-refractivity contribution in [3.8, 4) is 11.8 Å². The smallest absolute Gasteiger partial charge is 0.329 e. The van der Waals surface area contributed by atoms with Gasteiger partial charge in [0.25, 0.3) is 0 Å². The van der Waals surface area contributed by atoms with Crippen LogP contribution in [0.3, 0.4) is 0 Å². The van der Waals surface area contributed by atoms with Crippen molar-refractivity contribution in [3.63, 3.8) is 0 Å². The molecule has 1 aromatic carbocycles. The highest BCUT2D eigenvalue weighted by atomic mass is 16.2. The van der Waals surface area contributed by atoms with E-state index in [1.54, 1.807) is 13.1 Å². The SMILES string of the molecule is Cn1c(=O)n(C2CCC(=O)NC2=O)c2cccc(C#CCCC3CCN(C(=O)[C@@H](NC(=O)[C@@H](N)CCC(N)=O)C4CCCCC4)CC3)c21. The largest absolute Gasteiger partial charge is 0.370 e. The van der Waals surface area contributed by atoms with Gasteiger partial charge in [-0.25, -0.2) is 4.79 Å². The quantitative estimate of drug-likeness (QED) is 0.218. The first-order valence-electron chi connectivity index (χ1n) is 17.2. The number of benzene rings is 1. The lowest BCUT2D eigenvalue weighted by Gasteiger charge is -2.38. The second-order valence-electron chi connectivity index (χ2n) is 13.5. The maximum Gasteiger partial charge on any atom is 0.329 e. The molecule has 6 N–H and O–H groups in total. The number of primary amides is 1. The van der Waals surface area contributed by atoms with E-state index in [1.165, 1.54) is 9.13 Å². The molecule has 2 aliphatic heterocycles. The third-order valence-electron chi connectivity index (χ3n) is 10.2. The molecule has 13 nitrogen and oxygen atoms in total. The molecule has 0 radical (unpaired) electrons. The Kier molecular flexibility index (Phi) is 11.4. The van der Waals surface area contributed by atoms with Crippen LogP contribution in [-0.2, 0) is 31.0 Å². The van der Waals surface area contributed by atoms with E-state index in [0.29, 0.717) is 42.0 Å². The van der Waals surface area contributed by atoms with E-state index in [2.05, 4.69) is 22.5 Å². The molecule has 1 aliphatic carbocycles. The Bertz CT molecular complexity index is 1670. The van der Waals surface area contributed by atoms with Crippen LogP contribution < -0.4 is 27.8 Å². The van der Waals surface area contributed by atoms with Gasteiger partial charge in [-0.2, -0.15) is 0 Å². The Balaban J connectivity index is 1.18. The number of para-hydroxylation sites is 1. The number of nitrogens with two attached hydrogens (primary N) is 2. The van der Waals surface area contributed by atoms with Gasteiger partial charge in [0.05, 0.1) is 22.6 Å². The van der Waals surface area contributed by atoms with Crippen molar-refractivity contribution in [2.75, 3.05) is 13.1 Å². The molecule has 3 atom stereocenters. The predicted molar refractivity (Wildman–Crippen MR) is 179 cm³/mol. The van der Waals surface area contributed by atoms with E-state index in [1.807, 2.05) is 17.0 Å². The first-order valence-corrected chi connectivity index (χ1v) is 17.2. The van der Waals surface area contributed by atoms with Crippen molar-refractivity contribution in [2.45, 2.75) is 102 Å². The van der Waals surface area contributed by atoms with Crippen LogP contribution in [0.25, 0.3) is 11.0 Å². The number of aryl methyl sites for hydroxylation is 1. The molecular formula is C35H47N7O6. The molecule has 2 aromatic rings. The lowest BCUT2D eigenvalue weighted by atomic mass is 9.82. The van der Waals surface area contributed by atoms with Crippen molar-refractivity contribution in [2.24, 2.45) is 30.4 Å². The van der Waals surface area contributed by atoms with E-state index >= 15 is 0 Å². The monoisotopic (exact) mass is 661 g/mol. The molecule has 0 bridgehead atoms. The molecule has 3 heterocycles. The zero-order valence-corrected chi connectivity index (χ0v) is 27.7. The maximum atomic E-state index is 13.8. The van der Waals surface area contributed by atoms with Gasteiger partial charge in [-0.05, 0) is 68.9 Å². The number of rotatable bonds is 10. The molecule has 5 amide bonds. The molecule has 48 heavy (non-hydrogen) atoms. The summed E-state index contributed by atoms with van der Waals surface area (Å²) in [5, 5.41) is 5.27. The highest BCUT2D eigenvalue weighted by molar-refractivity contribution is 6.00. The van der Waals surface area contributed by atoms with Crippen LogP contribution in [0.5, 0.6) is 0 Å². The first-order chi connectivity index (χ1) is 23.0. The number of carbonyl (C=O) groups excluding carboxylic acids is 5. The fraction of sp³-hybridized carbons (Fsp3) is 0.600. The molecule has 3 fully saturated rings. The highest BCUT2D eigenvalue weighted by Crippen LogP contribution is 2.30. The minimum absolute atomic E-state index is 0.0158. The Morgan fingerprint density at radius 3 is 2.46 bits per heavy atom. The van der Waals surface area contributed by atoms with E-state index < -0.39 is 35.8 Å². The number of hydrogen-bond donors (Lipinski definition) is 4. The number of likely N-dealkylation sites (tertiary alicyclic amines) is 1. The third-order valence-corrected chi connectivity index (χ3v) is 10.2. The minimum Gasteiger partial charge on any atom is -0.370 e. The van der Waals surface area contributed by atoms with Crippen LogP contribution in [0.15, 0.2) is 23.0 Å². The van der Waals surface area contributed by atoms with Gasteiger partial charge in [0, 0.05) is 39.4 Å². The van der Waals surface area contributed by atoms with Gasteiger partial charge in [-0.15, -0.1) is 0 Å². The average Bonchev–Trinajstić information content (AvgIpc) is 3.34. The van der Waals surface area contributed by atoms with Crippen LogP contribution in [0, 0.1) is 23.7 Å². The average molecular weight is 662 g/mol. The summed E-state index contributed by atoms with van der Waals surface area (Å²) in [6.07, 6.45) is 8.76. The molecule has 13 heteroatoms. The normalized spacial score (nSPS) is 20.5. The summed E-state index contributed by atoms with van der Waals surface area (Å²) in [6, 6.07) is 3.20. The molecule has 1 saturated carbocycles. The van der Waals surface area contributed by atoms with E-state index in [0.717, 1.165) is 51.4 Å². The zero-order valence-electron chi connectivity index (χ0n) is 27.7. The number of imidazole rings is 1. The molecule has 2 saturated heterocycles. The number of nitrogens with zero attached hydrogens (tertiary/aromatic N) is 3. The lowest BCUT2D eigenvalue weighted by molar-refractivity contribution is -0.140. The summed E-state index contributed by atoms with van der Waals surface area (Å²) in [4.78, 5) is 77.0. The number of fused-ring (bicyclic) bond motifs is 1. The van der Waals surface area contributed by atoms with Gasteiger partial charge in [0.15, 0.2) is 0 Å². The second kappa shape index (κ2) is 15.6. The van der Waals surface area contributed by atoms with Gasteiger partial charge in [0.2, 0.25) is 29.5 Å². The molecule has 3 aliphatic rings. The molecular weight excluding hydrogens is 614 g/mol. The van der Waals surface area contributed by atoms with Gasteiger partial charge in [0.1, 0.15) is 12.1 Å². The summed E-state index contributed by atoms with van der Waals surface area (Å²) >= 11 is 0.